The summed E-state index contributed by atoms with van der Waals surface area (Å²) in [5.41, 5.74) is 4.71. The predicted octanol–water partition coefficient (Wildman–Crippen LogP) is 3.13. The van der Waals surface area contributed by atoms with E-state index in [1.807, 2.05) is 24.7 Å². The molecule has 134 valence electrons. The Bertz CT molecular complexity index is 892. The van der Waals surface area contributed by atoms with Gasteiger partial charge in [0, 0.05) is 53.2 Å². The van der Waals surface area contributed by atoms with Crippen molar-refractivity contribution >= 4 is 16.7 Å². The smallest absolute Gasteiger partial charge is 0.139 e. The van der Waals surface area contributed by atoms with Gasteiger partial charge in [-0.25, -0.2) is 4.98 Å². The first kappa shape index (κ1) is 15.8. The van der Waals surface area contributed by atoms with Gasteiger partial charge >= 0.3 is 0 Å². The first-order valence-electron chi connectivity index (χ1n) is 9.58. The van der Waals surface area contributed by atoms with Crippen LogP contribution in [-0.4, -0.2) is 45.3 Å². The van der Waals surface area contributed by atoms with Crippen LogP contribution in [0.2, 0.25) is 0 Å². The highest BCUT2D eigenvalue weighted by molar-refractivity contribution is 6.02. The molecule has 3 aromatic heterocycles. The van der Waals surface area contributed by atoms with Crippen LogP contribution in [0.15, 0.2) is 36.9 Å². The second-order valence-electron chi connectivity index (χ2n) is 7.58. The van der Waals surface area contributed by atoms with Gasteiger partial charge in [0.15, 0.2) is 0 Å². The fourth-order valence-electron chi connectivity index (χ4n) is 4.70. The molecule has 0 aromatic carbocycles. The van der Waals surface area contributed by atoms with Crippen LogP contribution in [0.1, 0.15) is 32.1 Å². The van der Waals surface area contributed by atoms with E-state index in [4.69, 9.17) is 0 Å². The lowest BCUT2D eigenvalue weighted by molar-refractivity contribution is 0.216. The molecule has 2 saturated heterocycles. The normalized spacial score (nSPS) is 23.6. The second kappa shape index (κ2) is 6.36. The number of anilines is 1. The van der Waals surface area contributed by atoms with E-state index in [1.54, 1.807) is 6.20 Å². The lowest BCUT2D eigenvalue weighted by Crippen LogP contribution is -2.59. The molecule has 2 aliphatic heterocycles. The number of nitrogens with one attached hydrogen (secondary N) is 2. The zero-order valence-corrected chi connectivity index (χ0v) is 14.9. The molecule has 2 fully saturated rings. The Kier molecular flexibility index (Phi) is 3.85. The van der Waals surface area contributed by atoms with Gasteiger partial charge in [-0.1, -0.05) is 6.42 Å². The van der Waals surface area contributed by atoms with Crippen molar-refractivity contribution in [3.63, 3.8) is 0 Å². The molecule has 2 aliphatic rings. The van der Waals surface area contributed by atoms with E-state index in [-0.39, 0.29) is 5.54 Å². The van der Waals surface area contributed by atoms with Gasteiger partial charge in [0.1, 0.15) is 5.65 Å². The van der Waals surface area contributed by atoms with E-state index in [0.717, 1.165) is 36.4 Å². The lowest BCUT2D eigenvalue weighted by Gasteiger charge is -2.47. The Morgan fingerprint density at radius 3 is 2.85 bits per heavy atom. The molecule has 0 bridgehead atoms. The third-order valence-corrected chi connectivity index (χ3v) is 5.95. The molecule has 1 atom stereocenters. The summed E-state index contributed by atoms with van der Waals surface area (Å²) in [5, 5.41) is 13.0. The molecular formula is C20H24N6. The minimum absolute atomic E-state index is 0.279. The van der Waals surface area contributed by atoms with Gasteiger partial charge in [-0.05, 0) is 44.4 Å². The number of aromatic nitrogens is 4. The summed E-state index contributed by atoms with van der Waals surface area (Å²) in [7, 11) is 0. The fraction of sp³-hybridized carbons (Fsp3) is 0.450. The van der Waals surface area contributed by atoms with Crippen LogP contribution in [0, 0.1) is 0 Å². The van der Waals surface area contributed by atoms with Crippen molar-refractivity contribution in [2.45, 2.75) is 37.6 Å². The first-order valence-corrected chi connectivity index (χ1v) is 9.58. The molecule has 6 nitrogen and oxygen atoms in total. The maximum Gasteiger partial charge on any atom is 0.139 e. The Hall–Kier alpha value is -2.47. The summed E-state index contributed by atoms with van der Waals surface area (Å²) in [4.78, 5) is 10.4. The molecule has 26 heavy (non-hydrogen) atoms. The molecule has 3 aromatic rings. The van der Waals surface area contributed by atoms with Crippen LogP contribution in [0.25, 0.3) is 22.2 Å². The van der Waals surface area contributed by atoms with Crippen LogP contribution < -0.4 is 10.2 Å². The summed E-state index contributed by atoms with van der Waals surface area (Å²) < 4.78 is 0. The number of aromatic amines is 1. The fourth-order valence-corrected chi connectivity index (χ4v) is 4.70. The van der Waals surface area contributed by atoms with E-state index in [1.165, 1.54) is 43.2 Å². The number of nitrogens with zero attached hydrogens (tertiary/aromatic N) is 4. The summed E-state index contributed by atoms with van der Waals surface area (Å²) in [5.74, 6) is 0. The van der Waals surface area contributed by atoms with Gasteiger partial charge in [0.05, 0.1) is 12.4 Å². The lowest BCUT2D eigenvalue weighted by atomic mass is 9.81. The van der Waals surface area contributed by atoms with Crippen molar-refractivity contribution in [1.82, 2.24) is 25.5 Å². The van der Waals surface area contributed by atoms with E-state index in [0.29, 0.717) is 0 Å². The number of piperidine rings is 2. The predicted molar refractivity (Wildman–Crippen MR) is 103 cm³/mol. The Morgan fingerprint density at radius 1 is 1.04 bits per heavy atom. The molecule has 0 aliphatic carbocycles. The average molecular weight is 348 g/mol. The third kappa shape index (κ3) is 2.65. The molecule has 6 heteroatoms. The van der Waals surface area contributed by atoms with Crippen molar-refractivity contribution in [2.75, 3.05) is 24.5 Å². The molecule has 0 amide bonds. The maximum absolute atomic E-state index is 4.55. The van der Waals surface area contributed by atoms with Crippen LogP contribution >= 0.6 is 0 Å². The number of fused-ring (bicyclic) bond motifs is 1. The molecule has 0 saturated carbocycles. The monoisotopic (exact) mass is 348 g/mol. The van der Waals surface area contributed by atoms with Crippen molar-refractivity contribution in [3.05, 3.63) is 36.9 Å². The van der Waals surface area contributed by atoms with Crippen LogP contribution in [0.4, 0.5) is 5.69 Å². The molecule has 0 unspecified atom stereocenters. The first-order chi connectivity index (χ1) is 12.8. The van der Waals surface area contributed by atoms with Gasteiger partial charge in [-0.3, -0.25) is 0 Å². The van der Waals surface area contributed by atoms with Crippen molar-refractivity contribution in [3.8, 4) is 11.1 Å². The topological polar surface area (TPSA) is 69.7 Å². The van der Waals surface area contributed by atoms with Gasteiger partial charge < -0.3 is 15.2 Å². The Labute approximate surface area is 153 Å². The number of H-pyrrole nitrogens is 1. The average Bonchev–Trinajstić information content (AvgIpc) is 3.14. The molecule has 0 radical (unpaired) electrons. The molecule has 5 heterocycles. The van der Waals surface area contributed by atoms with Gasteiger partial charge in [-0.2, -0.15) is 10.2 Å². The van der Waals surface area contributed by atoms with Crippen molar-refractivity contribution < 1.29 is 0 Å². The zero-order chi connectivity index (χ0) is 17.4. The Morgan fingerprint density at radius 2 is 2.00 bits per heavy atom. The van der Waals surface area contributed by atoms with Gasteiger partial charge in [0.2, 0.25) is 0 Å². The third-order valence-electron chi connectivity index (χ3n) is 5.95. The SMILES string of the molecule is c1cc(-c2c[nH]c3nccc(N4CCC[C@]5(CCCCN5)C4)c23)cnn1. The standard InChI is InChI=1S/C20H24N6/c1-2-8-23-20(6-1)7-3-11-26(14-20)17-5-9-21-19-18(17)16(13-22-19)15-4-10-24-25-12-15/h4-5,9-10,12-13,23H,1-3,6-8,11,14H2,(H,21,22)/t20-/m1/s1. The van der Waals surface area contributed by atoms with Crippen molar-refractivity contribution in [1.29, 1.82) is 0 Å². The quantitative estimate of drug-likeness (QED) is 0.745. The number of hydrogen-bond acceptors (Lipinski definition) is 5. The largest absolute Gasteiger partial charge is 0.369 e. The van der Waals surface area contributed by atoms with Crippen LogP contribution in [0.5, 0.6) is 0 Å². The highest BCUT2D eigenvalue weighted by atomic mass is 15.2. The van der Waals surface area contributed by atoms with E-state index < -0.39 is 0 Å². The highest BCUT2D eigenvalue weighted by Crippen LogP contribution is 2.38. The van der Waals surface area contributed by atoms with E-state index >= 15 is 0 Å². The van der Waals surface area contributed by atoms with Crippen molar-refractivity contribution in [2.24, 2.45) is 0 Å². The van der Waals surface area contributed by atoms with Crippen LogP contribution in [-0.2, 0) is 0 Å². The van der Waals surface area contributed by atoms with Crippen LogP contribution in [0.3, 0.4) is 0 Å². The minimum atomic E-state index is 0.279. The zero-order valence-electron chi connectivity index (χ0n) is 14.9. The molecule has 1 spiro atoms. The van der Waals surface area contributed by atoms with E-state index in [9.17, 15) is 0 Å². The van der Waals surface area contributed by atoms with Gasteiger partial charge in [0.25, 0.3) is 0 Å². The number of rotatable bonds is 2. The molecular weight excluding hydrogens is 324 g/mol. The highest BCUT2D eigenvalue weighted by Gasteiger charge is 2.36. The Balaban J connectivity index is 1.57. The van der Waals surface area contributed by atoms with Gasteiger partial charge in [-0.15, -0.1) is 0 Å². The van der Waals surface area contributed by atoms with E-state index in [2.05, 4.69) is 36.4 Å². The number of hydrogen-bond donors (Lipinski definition) is 2. The summed E-state index contributed by atoms with van der Waals surface area (Å²) in [6.45, 7) is 3.32. The summed E-state index contributed by atoms with van der Waals surface area (Å²) in [6.07, 6.45) is 14.0. The molecule has 2 N–H and O–H groups in total. The summed E-state index contributed by atoms with van der Waals surface area (Å²) in [6, 6.07) is 4.17. The minimum Gasteiger partial charge on any atom is -0.369 e. The number of pyridine rings is 1. The maximum atomic E-state index is 4.55. The molecule has 5 rings (SSSR count). The second-order valence-corrected chi connectivity index (χ2v) is 7.58. The summed E-state index contributed by atoms with van der Waals surface area (Å²) >= 11 is 0.